The maximum Gasteiger partial charge on any atom is 0.331 e. The summed E-state index contributed by atoms with van der Waals surface area (Å²) in [6, 6.07) is 8.32. The van der Waals surface area contributed by atoms with Crippen molar-refractivity contribution in [3.8, 4) is 5.69 Å². The zero-order chi connectivity index (χ0) is 17.7. The largest absolute Gasteiger partial charge is 0.478 e. The Morgan fingerprint density at radius 3 is 2.50 bits per heavy atom. The minimum Gasteiger partial charge on any atom is -0.478 e. The molecule has 0 saturated carbocycles. The average Bonchev–Trinajstić information content (AvgIpc) is 2.99. The van der Waals surface area contributed by atoms with Gasteiger partial charge in [-0.3, -0.25) is 0 Å². The Hall–Kier alpha value is -2.40. The van der Waals surface area contributed by atoms with Gasteiger partial charge in [-0.2, -0.15) is 0 Å². The van der Waals surface area contributed by atoms with Crippen LogP contribution in [-0.2, 0) is 16.6 Å². The fourth-order valence-electron chi connectivity index (χ4n) is 2.42. The van der Waals surface area contributed by atoms with Gasteiger partial charge in [0.2, 0.25) is 0 Å². The molecule has 0 fully saturated rings. The number of carbonyl (C=O) groups is 1. The first-order chi connectivity index (χ1) is 11.3. The third-order valence-corrected chi connectivity index (χ3v) is 3.87. The first-order valence-corrected chi connectivity index (χ1v) is 8.07. The van der Waals surface area contributed by atoms with E-state index < -0.39 is 5.97 Å². The number of hydrogen-bond donors (Lipinski definition) is 2. The topological polar surface area (TPSA) is 81.1 Å². The quantitative estimate of drug-likeness (QED) is 0.799. The third-order valence-electron chi connectivity index (χ3n) is 3.87. The number of aromatic nitrogens is 2. The van der Waals surface area contributed by atoms with E-state index in [0.29, 0.717) is 25.0 Å². The minimum absolute atomic E-state index is 0.114. The van der Waals surface area contributed by atoms with E-state index in [1.807, 2.05) is 10.8 Å². The van der Waals surface area contributed by atoms with E-state index in [1.165, 1.54) is 5.56 Å². The molecule has 0 saturated heterocycles. The number of carboxylic acids is 1. The van der Waals surface area contributed by atoms with E-state index in [2.05, 4.69) is 50.0 Å². The van der Waals surface area contributed by atoms with Gasteiger partial charge in [-0.1, -0.05) is 39.0 Å². The van der Waals surface area contributed by atoms with Gasteiger partial charge >= 0.3 is 5.97 Å². The lowest BCUT2D eigenvalue weighted by Gasteiger charge is -2.19. The van der Waals surface area contributed by atoms with Crippen LogP contribution in [0.3, 0.4) is 0 Å². The monoisotopic (exact) mass is 327 g/mol. The lowest BCUT2D eigenvalue weighted by atomic mass is 9.87. The summed E-state index contributed by atoms with van der Waals surface area (Å²) in [5.41, 5.74) is 8.87. The summed E-state index contributed by atoms with van der Waals surface area (Å²) in [4.78, 5) is 15.6. The maximum atomic E-state index is 11.3. The van der Waals surface area contributed by atoms with Crippen LogP contribution < -0.4 is 5.73 Å². The van der Waals surface area contributed by atoms with Gasteiger partial charge in [-0.25, -0.2) is 9.78 Å². The van der Waals surface area contributed by atoms with Crippen LogP contribution in [0.25, 0.3) is 5.69 Å². The number of rotatable bonds is 6. The third kappa shape index (κ3) is 4.55. The van der Waals surface area contributed by atoms with Gasteiger partial charge in [0.15, 0.2) is 0 Å². The summed E-state index contributed by atoms with van der Waals surface area (Å²) in [7, 11) is 0. The molecule has 1 aromatic carbocycles. The van der Waals surface area contributed by atoms with Gasteiger partial charge in [0.25, 0.3) is 0 Å². The number of nitrogens with zero attached hydrogens (tertiary/aromatic N) is 2. The second-order valence-corrected chi connectivity index (χ2v) is 6.86. The highest BCUT2D eigenvalue weighted by molar-refractivity contribution is 5.86. The molecule has 1 aromatic heterocycles. The maximum absolute atomic E-state index is 11.3. The van der Waals surface area contributed by atoms with E-state index in [4.69, 9.17) is 5.73 Å². The van der Waals surface area contributed by atoms with Crippen molar-refractivity contribution >= 4 is 5.97 Å². The van der Waals surface area contributed by atoms with E-state index in [-0.39, 0.29) is 5.41 Å². The number of hydrogen-bond acceptors (Lipinski definition) is 3. The molecule has 3 N–H and O–H groups in total. The molecular formula is C19H25N3O2. The number of aliphatic carboxylic acids is 1. The highest BCUT2D eigenvalue weighted by atomic mass is 16.4. The van der Waals surface area contributed by atoms with Gasteiger partial charge in [0, 0.05) is 23.9 Å². The lowest BCUT2D eigenvalue weighted by molar-refractivity contribution is -0.132. The molecule has 2 aromatic rings. The Kier molecular flexibility index (Phi) is 5.57. The summed E-state index contributed by atoms with van der Waals surface area (Å²) in [6.45, 7) is 6.97. The van der Waals surface area contributed by atoms with Crippen molar-refractivity contribution in [1.82, 2.24) is 9.55 Å². The SMILES string of the molecule is CC(C)(C)c1ccc(-n2cnc(C/C(=C/CCN)C(=O)O)c2)cc1. The first-order valence-electron chi connectivity index (χ1n) is 8.07. The van der Waals surface area contributed by atoms with Crippen molar-refractivity contribution in [1.29, 1.82) is 0 Å². The molecule has 2 rings (SSSR count). The van der Waals surface area contributed by atoms with Crippen molar-refractivity contribution in [2.75, 3.05) is 6.54 Å². The Balaban J connectivity index is 2.17. The zero-order valence-electron chi connectivity index (χ0n) is 14.5. The van der Waals surface area contributed by atoms with Crippen LogP contribution in [0.5, 0.6) is 0 Å². The second-order valence-electron chi connectivity index (χ2n) is 6.86. The number of carboxylic acid groups (broad SMARTS) is 1. The summed E-state index contributed by atoms with van der Waals surface area (Å²) in [5, 5.41) is 9.25. The van der Waals surface area contributed by atoms with Gasteiger partial charge in [-0.05, 0) is 36.1 Å². The van der Waals surface area contributed by atoms with Crippen molar-refractivity contribution in [2.45, 2.75) is 39.0 Å². The molecule has 0 atom stereocenters. The van der Waals surface area contributed by atoms with Crippen LogP contribution in [0.2, 0.25) is 0 Å². The summed E-state index contributed by atoms with van der Waals surface area (Å²) in [5.74, 6) is -0.924. The molecule has 5 nitrogen and oxygen atoms in total. The van der Waals surface area contributed by atoms with Crippen molar-refractivity contribution < 1.29 is 9.90 Å². The first kappa shape index (κ1) is 17.9. The fourth-order valence-corrected chi connectivity index (χ4v) is 2.42. The summed E-state index contributed by atoms with van der Waals surface area (Å²) < 4.78 is 1.91. The highest BCUT2D eigenvalue weighted by Gasteiger charge is 2.14. The van der Waals surface area contributed by atoms with Crippen molar-refractivity contribution in [2.24, 2.45) is 5.73 Å². The van der Waals surface area contributed by atoms with Crippen molar-refractivity contribution in [3.05, 3.63) is 59.7 Å². The van der Waals surface area contributed by atoms with E-state index in [1.54, 1.807) is 12.4 Å². The minimum atomic E-state index is -0.924. The summed E-state index contributed by atoms with van der Waals surface area (Å²) in [6.07, 6.45) is 6.09. The van der Waals surface area contributed by atoms with Crippen LogP contribution >= 0.6 is 0 Å². The van der Waals surface area contributed by atoms with Crippen LogP contribution in [0.4, 0.5) is 0 Å². The average molecular weight is 327 g/mol. The molecular weight excluding hydrogens is 302 g/mol. The van der Waals surface area contributed by atoms with E-state index in [9.17, 15) is 9.90 Å². The smallest absolute Gasteiger partial charge is 0.331 e. The van der Waals surface area contributed by atoms with Gasteiger partial charge in [0.1, 0.15) is 0 Å². The number of benzene rings is 1. The van der Waals surface area contributed by atoms with E-state index >= 15 is 0 Å². The van der Waals surface area contributed by atoms with Gasteiger partial charge in [0.05, 0.1) is 12.0 Å². The van der Waals surface area contributed by atoms with Gasteiger partial charge < -0.3 is 15.4 Å². The zero-order valence-corrected chi connectivity index (χ0v) is 14.5. The number of nitrogens with two attached hydrogens (primary N) is 1. The molecule has 24 heavy (non-hydrogen) atoms. The Labute approximate surface area is 142 Å². The molecule has 0 aliphatic rings. The number of imidazole rings is 1. The van der Waals surface area contributed by atoms with Crippen molar-refractivity contribution in [3.63, 3.8) is 0 Å². The molecule has 1 heterocycles. The molecule has 0 radical (unpaired) electrons. The van der Waals surface area contributed by atoms with Gasteiger partial charge in [-0.15, -0.1) is 0 Å². The van der Waals surface area contributed by atoms with Crippen LogP contribution in [0.1, 0.15) is 38.4 Å². The Morgan fingerprint density at radius 2 is 1.96 bits per heavy atom. The predicted molar refractivity (Wildman–Crippen MR) is 95.4 cm³/mol. The second kappa shape index (κ2) is 7.45. The molecule has 0 spiro atoms. The molecule has 0 bridgehead atoms. The molecule has 5 heteroatoms. The highest BCUT2D eigenvalue weighted by Crippen LogP contribution is 2.23. The lowest BCUT2D eigenvalue weighted by Crippen LogP contribution is -2.10. The molecule has 0 unspecified atom stereocenters. The Bertz CT molecular complexity index is 722. The molecule has 0 amide bonds. The normalized spacial score (nSPS) is 12.4. The van der Waals surface area contributed by atoms with Crippen LogP contribution in [0.15, 0.2) is 48.4 Å². The van der Waals surface area contributed by atoms with Crippen LogP contribution in [-0.4, -0.2) is 27.2 Å². The summed E-state index contributed by atoms with van der Waals surface area (Å²) >= 11 is 0. The fraction of sp³-hybridized carbons (Fsp3) is 0.368. The predicted octanol–water partition coefficient (Wildman–Crippen LogP) is 3.07. The Morgan fingerprint density at radius 1 is 1.29 bits per heavy atom. The van der Waals surface area contributed by atoms with E-state index in [0.717, 1.165) is 11.4 Å². The molecule has 128 valence electrons. The molecule has 0 aliphatic heterocycles. The van der Waals surface area contributed by atoms with Crippen LogP contribution in [0, 0.1) is 0 Å². The standard InChI is InChI=1S/C19H25N3O2/c1-19(2,3)15-6-8-17(9-7-15)22-12-16(21-13-22)11-14(18(23)24)5-4-10-20/h5-9,12-13H,4,10-11,20H2,1-3H3,(H,23,24)/b14-5-. The molecule has 0 aliphatic carbocycles.